The zero-order valence-corrected chi connectivity index (χ0v) is 16.7. The van der Waals surface area contributed by atoms with Crippen molar-refractivity contribution in [3.8, 4) is 6.07 Å². The number of aromatic nitrogens is 2. The average molecular weight is 368 g/mol. The minimum absolute atomic E-state index is 0.633. The van der Waals surface area contributed by atoms with Gasteiger partial charge in [-0.3, -0.25) is 4.98 Å². The molecule has 0 saturated heterocycles. The predicted molar refractivity (Wildman–Crippen MR) is 117 cm³/mol. The molecule has 140 valence electrons. The lowest BCUT2D eigenvalue weighted by Crippen LogP contribution is -2.06. The largest absolute Gasteiger partial charge is 0.361 e. The maximum atomic E-state index is 9.54. The first-order valence-corrected chi connectivity index (χ1v) is 9.25. The summed E-state index contributed by atoms with van der Waals surface area (Å²) in [6, 6.07) is 12.5. The van der Waals surface area contributed by atoms with E-state index in [9.17, 15) is 5.26 Å². The van der Waals surface area contributed by atoms with Crippen molar-refractivity contribution in [1.82, 2.24) is 9.97 Å². The van der Waals surface area contributed by atoms with Crippen LogP contribution in [-0.2, 0) is 0 Å². The molecule has 0 aliphatic carbocycles. The van der Waals surface area contributed by atoms with Crippen LogP contribution in [0.5, 0.6) is 0 Å². The lowest BCUT2D eigenvalue weighted by molar-refractivity contribution is 1.19. The number of H-pyrrole nitrogens is 1. The normalized spacial score (nSPS) is 12.9. The van der Waals surface area contributed by atoms with Gasteiger partial charge in [-0.1, -0.05) is 24.3 Å². The highest BCUT2D eigenvalue weighted by molar-refractivity contribution is 5.88. The molecule has 4 heteroatoms. The molecular weight excluding hydrogens is 344 g/mol. The molecule has 2 heterocycles. The maximum Gasteiger partial charge on any atom is 0.0966 e. The first kappa shape index (κ1) is 19.2. The molecule has 2 aromatic heterocycles. The summed E-state index contributed by atoms with van der Waals surface area (Å²) < 4.78 is 0. The van der Waals surface area contributed by atoms with E-state index in [2.05, 4.69) is 34.3 Å². The SMILES string of the molecule is C/C=C(/C=C/c1ccc(C)nc1)C(\Nc1ccc2[nH]ccc2c1C)=C(/C)C#N. The highest BCUT2D eigenvalue weighted by Gasteiger charge is 2.11. The summed E-state index contributed by atoms with van der Waals surface area (Å²) >= 11 is 0. The highest BCUT2D eigenvalue weighted by atomic mass is 14.9. The van der Waals surface area contributed by atoms with Gasteiger partial charge in [0.25, 0.3) is 0 Å². The van der Waals surface area contributed by atoms with Gasteiger partial charge in [0.15, 0.2) is 0 Å². The molecular formula is C24H24N4. The minimum atomic E-state index is 0.633. The number of rotatable bonds is 5. The molecule has 1 aromatic carbocycles. The summed E-state index contributed by atoms with van der Waals surface area (Å²) in [4.78, 5) is 7.56. The Hall–Kier alpha value is -3.58. The second kappa shape index (κ2) is 8.41. The second-order valence-corrected chi connectivity index (χ2v) is 6.72. The lowest BCUT2D eigenvalue weighted by atomic mass is 10.0. The fraction of sp³-hybridized carbons (Fsp3) is 0.167. The van der Waals surface area contributed by atoms with E-state index >= 15 is 0 Å². The number of nitrogens with one attached hydrogen (secondary N) is 2. The lowest BCUT2D eigenvalue weighted by Gasteiger charge is -2.16. The summed E-state index contributed by atoms with van der Waals surface area (Å²) in [5.41, 5.74) is 7.63. The van der Waals surface area contributed by atoms with Gasteiger partial charge in [0.05, 0.1) is 17.3 Å². The van der Waals surface area contributed by atoms with Gasteiger partial charge in [0.1, 0.15) is 0 Å². The van der Waals surface area contributed by atoms with E-state index in [0.717, 1.165) is 39.3 Å². The Kier molecular flexibility index (Phi) is 5.76. The van der Waals surface area contributed by atoms with E-state index in [1.807, 2.05) is 75.7 Å². The molecule has 0 unspecified atom stereocenters. The summed E-state index contributed by atoms with van der Waals surface area (Å²) in [6.07, 6.45) is 9.81. The third-order valence-electron chi connectivity index (χ3n) is 4.80. The van der Waals surface area contributed by atoms with Crippen molar-refractivity contribution >= 4 is 22.7 Å². The third-order valence-corrected chi connectivity index (χ3v) is 4.80. The third kappa shape index (κ3) is 4.05. The van der Waals surface area contributed by atoms with Crippen molar-refractivity contribution in [1.29, 1.82) is 5.26 Å². The van der Waals surface area contributed by atoms with Crippen LogP contribution in [0.2, 0.25) is 0 Å². The van der Waals surface area contributed by atoms with E-state index in [1.165, 1.54) is 5.39 Å². The molecule has 3 rings (SSSR count). The van der Waals surface area contributed by atoms with Crippen molar-refractivity contribution in [3.63, 3.8) is 0 Å². The van der Waals surface area contributed by atoms with Crippen LogP contribution in [0.25, 0.3) is 17.0 Å². The van der Waals surface area contributed by atoms with Crippen LogP contribution in [0, 0.1) is 25.2 Å². The van der Waals surface area contributed by atoms with Gasteiger partial charge < -0.3 is 10.3 Å². The Morgan fingerprint density at radius 1 is 1.18 bits per heavy atom. The maximum absolute atomic E-state index is 9.54. The fourth-order valence-corrected chi connectivity index (χ4v) is 3.08. The van der Waals surface area contributed by atoms with Gasteiger partial charge in [-0.2, -0.15) is 5.26 Å². The van der Waals surface area contributed by atoms with Gasteiger partial charge in [-0.25, -0.2) is 0 Å². The van der Waals surface area contributed by atoms with Crippen LogP contribution in [-0.4, -0.2) is 9.97 Å². The Labute approximate surface area is 165 Å². The number of benzene rings is 1. The minimum Gasteiger partial charge on any atom is -0.361 e. The number of nitriles is 1. The van der Waals surface area contributed by atoms with Crippen LogP contribution < -0.4 is 5.32 Å². The number of fused-ring (bicyclic) bond motifs is 1. The van der Waals surface area contributed by atoms with Crippen molar-refractivity contribution in [2.75, 3.05) is 5.32 Å². The molecule has 0 aliphatic heterocycles. The first-order chi connectivity index (χ1) is 13.5. The molecule has 0 atom stereocenters. The van der Waals surface area contributed by atoms with Gasteiger partial charge in [-0.05, 0) is 68.7 Å². The zero-order chi connectivity index (χ0) is 20.1. The van der Waals surface area contributed by atoms with Crippen molar-refractivity contribution < 1.29 is 0 Å². The number of allylic oxidation sites excluding steroid dienone is 3. The van der Waals surface area contributed by atoms with Gasteiger partial charge in [-0.15, -0.1) is 0 Å². The number of nitrogens with zero attached hydrogens (tertiary/aromatic N) is 2. The van der Waals surface area contributed by atoms with Crippen LogP contribution in [0.15, 0.2) is 71.7 Å². The molecule has 0 radical (unpaired) electrons. The van der Waals surface area contributed by atoms with E-state index in [4.69, 9.17) is 0 Å². The average Bonchev–Trinajstić information content (AvgIpc) is 3.19. The highest BCUT2D eigenvalue weighted by Crippen LogP contribution is 2.28. The van der Waals surface area contributed by atoms with E-state index in [0.29, 0.717) is 5.57 Å². The Morgan fingerprint density at radius 3 is 2.68 bits per heavy atom. The molecule has 28 heavy (non-hydrogen) atoms. The van der Waals surface area contributed by atoms with Crippen molar-refractivity contribution in [2.45, 2.75) is 27.7 Å². The van der Waals surface area contributed by atoms with E-state index in [1.54, 1.807) is 0 Å². The van der Waals surface area contributed by atoms with Crippen LogP contribution in [0.4, 0.5) is 5.69 Å². The number of pyridine rings is 1. The van der Waals surface area contributed by atoms with Crippen molar-refractivity contribution in [3.05, 3.63) is 88.5 Å². The Balaban J connectivity index is 1.96. The molecule has 0 bridgehead atoms. The zero-order valence-electron chi connectivity index (χ0n) is 16.7. The smallest absolute Gasteiger partial charge is 0.0966 e. The number of aromatic amines is 1. The second-order valence-electron chi connectivity index (χ2n) is 6.72. The van der Waals surface area contributed by atoms with Crippen LogP contribution >= 0.6 is 0 Å². The number of anilines is 1. The molecule has 0 fully saturated rings. The number of hydrogen-bond donors (Lipinski definition) is 2. The van der Waals surface area contributed by atoms with Gasteiger partial charge in [0.2, 0.25) is 0 Å². The van der Waals surface area contributed by atoms with Crippen molar-refractivity contribution in [2.24, 2.45) is 0 Å². The summed E-state index contributed by atoms with van der Waals surface area (Å²) in [7, 11) is 0. The Morgan fingerprint density at radius 2 is 2.00 bits per heavy atom. The molecule has 2 N–H and O–H groups in total. The summed E-state index contributed by atoms with van der Waals surface area (Å²) in [5, 5.41) is 14.2. The van der Waals surface area contributed by atoms with Crippen LogP contribution in [0.1, 0.15) is 30.7 Å². The van der Waals surface area contributed by atoms with Gasteiger partial charge >= 0.3 is 0 Å². The monoisotopic (exact) mass is 368 g/mol. The molecule has 0 amide bonds. The van der Waals surface area contributed by atoms with E-state index < -0.39 is 0 Å². The summed E-state index contributed by atoms with van der Waals surface area (Å²) in [5.74, 6) is 0. The quantitative estimate of drug-likeness (QED) is 0.426. The standard InChI is InChI=1S/C24H24N4/c1-5-20(9-8-19-7-6-17(3)27-15-19)24(16(2)14-25)28-22-10-11-23-21(18(22)4)12-13-26-23/h5-13,15,26,28H,1-4H3/b9-8+,20-5-,24-16-. The molecule has 0 aliphatic rings. The van der Waals surface area contributed by atoms with Gasteiger partial charge in [0, 0.05) is 34.7 Å². The fourth-order valence-electron chi connectivity index (χ4n) is 3.08. The predicted octanol–water partition coefficient (Wildman–Crippen LogP) is 6.05. The topological polar surface area (TPSA) is 64.5 Å². The number of aryl methyl sites for hydroxylation is 2. The van der Waals surface area contributed by atoms with Crippen LogP contribution in [0.3, 0.4) is 0 Å². The molecule has 0 spiro atoms. The molecule has 4 nitrogen and oxygen atoms in total. The molecule has 3 aromatic rings. The first-order valence-electron chi connectivity index (χ1n) is 9.25. The Bertz CT molecular complexity index is 1120. The number of hydrogen-bond acceptors (Lipinski definition) is 3. The summed E-state index contributed by atoms with van der Waals surface area (Å²) in [6.45, 7) is 7.86. The van der Waals surface area contributed by atoms with E-state index in [-0.39, 0.29) is 0 Å². The molecule has 0 saturated carbocycles.